The Kier molecular flexibility index (Phi) is 6.32. The molecule has 1 aliphatic heterocycles. The number of carbonyl (C=O) groups excluding carboxylic acids is 2. The molecule has 1 atom stereocenters. The van der Waals surface area contributed by atoms with Crippen molar-refractivity contribution in [3.05, 3.63) is 53.6 Å². The first-order chi connectivity index (χ1) is 13.0. The molecule has 0 radical (unpaired) electrons. The second-order valence-electron chi connectivity index (χ2n) is 6.58. The zero-order valence-corrected chi connectivity index (χ0v) is 15.6. The Bertz CT molecular complexity index is 813. The zero-order chi connectivity index (χ0) is 19.2. The van der Waals surface area contributed by atoms with Crippen LogP contribution in [0.1, 0.15) is 12.8 Å². The molecule has 0 spiro atoms. The summed E-state index contributed by atoms with van der Waals surface area (Å²) in [5.41, 5.74) is 5.90. The molecule has 0 unspecified atom stereocenters. The summed E-state index contributed by atoms with van der Waals surface area (Å²) in [6.07, 6.45) is 1.62. The van der Waals surface area contributed by atoms with Crippen molar-refractivity contribution in [1.29, 1.82) is 0 Å². The number of likely N-dealkylation sites (tertiary alicyclic amines) is 1. The largest absolute Gasteiger partial charge is 0.455 e. The van der Waals surface area contributed by atoms with E-state index in [0.717, 1.165) is 19.4 Å². The number of nitrogens with two attached hydrogens (primary N) is 1. The molecule has 1 fully saturated rings. The number of hydrogen-bond acceptors (Lipinski definition) is 4. The fourth-order valence-corrected chi connectivity index (χ4v) is 3.30. The van der Waals surface area contributed by atoms with E-state index in [9.17, 15) is 9.59 Å². The minimum absolute atomic E-state index is 0.182. The quantitative estimate of drug-likeness (QED) is 0.796. The molecule has 0 saturated carbocycles. The lowest BCUT2D eigenvalue weighted by Gasteiger charge is -2.30. The van der Waals surface area contributed by atoms with E-state index in [1.54, 1.807) is 18.2 Å². The number of amides is 2. The Balaban J connectivity index is 1.66. The fourth-order valence-electron chi connectivity index (χ4n) is 3.13. The third-order valence-corrected chi connectivity index (χ3v) is 4.70. The van der Waals surface area contributed by atoms with E-state index in [1.165, 1.54) is 0 Å². The number of carbonyl (C=O) groups is 2. The van der Waals surface area contributed by atoms with Crippen LogP contribution in [0.25, 0.3) is 0 Å². The molecule has 1 aliphatic rings. The molecule has 3 N–H and O–H groups in total. The van der Waals surface area contributed by atoms with E-state index in [1.807, 2.05) is 35.2 Å². The summed E-state index contributed by atoms with van der Waals surface area (Å²) >= 11 is 6.08. The van der Waals surface area contributed by atoms with Crippen LogP contribution in [0, 0.1) is 5.92 Å². The molecule has 0 aromatic heterocycles. The van der Waals surface area contributed by atoms with Gasteiger partial charge in [-0.25, -0.2) is 0 Å². The second kappa shape index (κ2) is 8.88. The van der Waals surface area contributed by atoms with Crippen molar-refractivity contribution in [3.8, 4) is 11.5 Å². The number of benzene rings is 2. The summed E-state index contributed by atoms with van der Waals surface area (Å²) in [6.45, 7) is 1.45. The molecular weight excluding hydrogens is 366 g/mol. The smallest absolute Gasteiger partial charge is 0.238 e. The standard InChI is InChI=1S/C20H22ClN3O3/c21-15-8-9-18(27-16-6-2-1-3-7-16)17(11-15)23-19(25)13-24-10-4-5-14(12-24)20(22)26/h1-3,6-9,11,14H,4-5,10,12-13H2,(H2,22,26)(H,23,25)/t14-/m0/s1. The van der Waals surface area contributed by atoms with Crippen LogP contribution in [0.2, 0.25) is 5.02 Å². The highest BCUT2D eigenvalue weighted by Crippen LogP contribution is 2.32. The van der Waals surface area contributed by atoms with Gasteiger partial charge in [0, 0.05) is 11.6 Å². The average molecular weight is 388 g/mol. The molecule has 2 aromatic carbocycles. The summed E-state index contributed by atoms with van der Waals surface area (Å²) in [7, 11) is 0. The normalized spacial score (nSPS) is 17.3. The molecule has 27 heavy (non-hydrogen) atoms. The van der Waals surface area contributed by atoms with Gasteiger partial charge in [-0.05, 0) is 49.7 Å². The Labute approximate surface area is 163 Å². The van der Waals surface area contributed by atoms with Crippen molar-refractivity contribution in [3.63, 3.8) is 0 Å². The lowest BCUT2D eigenvalue weighted by Crippen LogP contribution is -2.44. The molecule has 0 bridgehead atoms. The van der Waals surface area contributed by atoms with Crippen LogP contribution in [-0.4, -0.2) is 36.3 Å². The van der Waals surface area contributed by atoms with Gasteiger partial charge in [-0.2, -0.15) is 0 Å². The fraction of sp³-hybridized carbons (Fsp3) is 0.300. The number of anilines is 1. The molecule has 2 aromatic rings. The highest BCUT2D eigenvalue weighted by atomic mass is 35.5. The van der Waals surface area contributed by atoms with E-state index in [0.29, 0.717) is 28.8 Å². The predicted molar refractivity (Wildman–Crippen MR) is 105 cm³/mol. The molecule has 2 amide bonds. The van der Waals surface area contributed by atoms with Gasteiger partial charge in [0.15, 0.2) is 5.75 Å². The molecule has 3 rings (SSSR count). The Hall–Kier alpha value is -2.57. The number of rotatable bonds is 6. The number of ether oxygens (including phenoxy) is 1. The minimum atomic E-state index is -0.312. The summed E-state index contributed by atoms with van der Waals surface area (Å²) in [6, 6.07) is 14.4. The molecular formula is C20H22ClN3O3. The van der Waals surface area contributed by atoms with Crippen LogP contribution in [0.5, 0.6) is 11.5 Å². The van der Waals surface area contributed by atoms with Crippen LogP contribution in [0.15, 0.2) is 48.5 Å². The van der Waals surface area contributed by atoms with Gasteiger partial charge in [0.25, 0.3) is 0 Å². The van der Waals surface area contributed by atoms with Crippen molar-refractivity contribution in [2.75, 3.05) is 25.0 Å². The van der Waals surface area contributed by atoms with Crippen LogP contribution in [-0.2, 0) is 9.59 Å². The predicted octanol–water partition coefficient (Wildman–Crippen LogP) is 3.27. The third kappa shape index (κ3) is 5.45. The number of primary amides is 1. The summed E-state index contributed by atoms with van der Waals surface area (Å²) < 4.78 is 5.86. The zero-order valence-electron chi connectivity index (χ0n) is 14.9. The first-order valence-electron chi connectivity index (χ1n) is 8.85. The van der Waals surface area contributed by atoms with Crippen LogP contribution < -0.4 is 15.8 Å². The number of nitrogens with one attached hydrogen (secondary N) is 1. The van der Waals surface area contributed by atoms with Crippen molar-refractivity contribution >= 4 is 29.1 Å². The van der Waals surface area contributed by atoms with Crippen LogP contribution in [0.4, 0.5) is 5.69 Å². The lowest BCUT2D eigenvalue weighted by atomic mass is 9.97. The Morgan fingerprint density at radius 3 is 2.74 bits per heavy atom. The van der Waals surface area contributed by atoms with Gasteiger partial charge in [-0.15, -0.1) is 0 Å². The van der Waals surface area contributed by atoms with E-state index < -0.39 is 0 Å². The van der Waals surface area contributed by atoms with Gasteiger partial charge in [-0.3, -0.25) is 14.5 Å². The van der Waals surface area contributed by atoms with Gasteiger partial charge < -0.3 is 15.8 Å². The second-order valence-corrected chi connectivity index (χ2v) is 7.02. The molecule has 7 heteroatoms. The summed E-state index contributed by atoms with van der Waals surface area (Å²) in [5.74, 6) is 0.465. The van der Waals surface area contributed by atoms with E-state index in [-0.39, 0.29) is 24.3 Å². The first kappa shape index (κ1) is 19.2. The maximum Gasteiger partial charge on any atom is 0.238 e. The molecule has 6 nitrogen and oxygen atoms in total. The van der Waals surface area contributed by atoms with E-state index in [2.05, 4.69) is 5.32 Å². The van der Waals surface area contributed by atoms with Gasteiger partial charge in [0.05, 0.1) is 18.2 Å². The van der Waals surface area contributed by atoms with Gasteiger partial charge in [0.1, 0.15) is 5.75 Å². The van der Waals surface area contributed by atoms with Crippen LogP contribution >= 0.6 is 11.6 Å². The molecule has 142 valence electrons. The Morgan fingerprint density at radius 1 is 1.22 bits per heavy atom. The molecule has 1 heterocycles. The van der Waals surface area contributed by atoms with Crippen molar-refractivity contribution in [2.45, 2.75) is 12.8 Å². The maximum atomic E-state index is 12.5. The van der Waals surface area contributed by atoms with Gasteiger partial charge in [-0.1, -0.05) is 29.8 Å². The number of nitrogens with zero attached hydrogens (tertiary/aromatic N) is 1. The number of hydrogen-bond donors (Lipinski definition) is 2. The summed E-state index contributed by atoms with van der Waals surface area (Å²) in [4.78, 5) is 25.8. The Morgan fingerprint density at radius 2 is 2.00 bits per heavy atom. The molecule has 1 saturated heterocycles. The first-order valence-corrected chi connectivity index (χ1v) is 9.23. The summed E-state index contributed by atoms with van der Waals surface area (Å²) in [5, 5.41) is 3.35. The van der Waals surface area contributed by atoms with E-state index >= 15 is 0 Å². The van der Waals surface area contributed by atoms with Crippen molar-refractivity contribution in [2.24, 2.45) is 11.7 Å². The van der Waals surface area contributed by atoms with Crippen LogP contribution in [0.3, 0.4) is 0 Å². The average Bonchev–Trinajstić information content (AvgIpc) is 2.65. The van der Waals surface area contributed by atoms with Crippen molar-refractivity contribution < 1.29 is 14.3 Å². The van der Waals surface area contributed by atoms with E-state index in [4.69, 9.17) is 22.1 Å². The monoisotopic (exact) mass is 387 g/mol. The van der Waals surface area contributed by atoms with Crippen molar-refractivity contribution in [1.82, 2.24) is 4.90 Å². The number of halogens is 1. The van der Waals surface area contributed by atoms with Gasteiger partial charge in [0.2, 0.25) is 11.8 Å². The SMILES string of the molecule is NC(=O)[C@H]1CCCN(CC(=O)Nc2cc(Cl)ccc2Oc2ccccc2)C1. The number of piperidine rings is 1. The minimum Gasteiger partial charge on any atom is -0.455 e. The highest BCUT2D eigenvalue weighted by Gasteiger charge is 2.25. The van der Waals surface area contributed by atoms with Gasteiger partial charge >= 0.3 is 0 Å². The third-order valence-electron chi connectivity index (χ3n) is 4.46. The molecule has 0 aliphatic carbocycles. The maximum absolute atomic E-state index is 12.5. The lowest BCUT2D eigenvalue weighted by molar-refractivity contribution is -0.125. The topological polar surface area (TPSA) is 84.7 Å². The highest BCUT2D eigenvalue weighted by molar-refractivity contribution is 6.31. The number of para-hydroxylation sites is 1.